The number of benzene rings is 2. The summed E-state index contributed by atoms with van der Waals surface area (Å²) in [4.78, 5) is 11.0. The second-order valence-corrected chi connectivity index (χ2v) is 4.20. The third kappa shape index (κ3) is 4.23. The topological polar surface area (TPSA) is 46.5 Å². The summed E-state index contributed by atoms with van der Waals surface area (Å²) in [5, 5.41) is 9.19. The molecule has 0 aliphatic heterocycles. The highest BCUT2D eigenvalue weighted by Gasteiger charge is 2.10. The molecule has 0 aliphatic rings. The van der Waals surface area contributed by atoms with Gasteiger partial charge in [-0.3, -0.25) is 4.79 Å². The normalized spacial score (nSPS) is 10.6. The first-order chi connectivity index (χ1) is 9.28. The first-order valence-corrected chi connectivity index (χ1v) is 6.03. The minimum Gasteiger partial charge on any atom is -0.508 e. The Kier molecular flexibility index (Phi) is 4.70. The quantitative estimate of drug-likeness (QED) is 0.807. The molecule has 0 bridgehead atoms. The van der Waals surface area contributed by atoms with Crippen LogP contribution >= 0.6 is 0 Å². The van der Waals surface area contributed by atoms with Gasteiger partial charge in [0.2, 0.25) is 0 Å². The Labute approximate surface area is 112 Å². The molecule has 0 saturated heterocycles. The van der Waals surface area contributed by atoms with Gasteiger partial charge < -0.3 is 9.84 Å². The summed E-state index contributed by atoms with van der Waals surface area (Å²) in [6, 6.07) is 16.4. The molecule has 0 spiro atoms. The van der Waals surface area contributed by atoms with Crippen molar-refractivity contribution in [2.24, 2.45) is 0 Å². The monoisotopic (exact) mass is 255 g/mol. The first-order valence-electron chi connectivity index (χ1n) is 6.03. The van der Waals surface area contributed by atoms with Crippen LogP contribution in [0.25, 0.3) is 0 Å². The highest BCUT2D eigenvalue weighted by Crippen LogP contribution is 2.16. The Hall–Kier alpha value is -2.13. The van der Waals surface area contributed by atoms with Crippen molar-refractivity contribution in [1.29, 1.82) is 0 Å². The molecule has 0 fully saturated rings. The summed E-state index contributed by atoms with van der Waals surface area (Å²) in [5.74, 6) is 0.210. The van der Waals surface area contributed by atoms with Gasteiger partial charge in [-0.05, 0) is 23.3 Å². The van der Waals surface area contributed by atoms with Crippen LogP contribution in [0.1, 0.15) is 11.1 Å². The first kappa shape index (κ1) is 13.3. The van der Waals surface area contributed by atoms with Crippen LogP contribution < -0.4 is 0 Å². The fourth-order valence-corrected chi connectivity index (χ4v) is 1.69. The molecule has 0 aliphatic carbocycles. The molecule has 3 nitrogen and oxygen atoms in total. The largest absolute Gasteiger partial charge is 0.508 e. The van der Waals surface area contributed by atoms with Crippen LogP contribution in [0.5, 0.6) is 5.75 Å². The number of phenols is 1. The van der Waals surface area contributed by atoms with Gasteiger partial charge in [0.25, 0.3) is 0 Å². The van der Waals surface area contributed by atoms with Crippen LogP contribution in [0.4, 0.5) is 0 Å². The molecule has 19 heavy (non-hydrogen) atoms. The zero-order valence-electron chi connectivity index (χ0n) is 10.5. The fraction of sp³-hybridized carbons (Fsp3) is 0.125. The van der Waals surface area contributed by atoms with E-state index in [1.165, 1.54) is 0 Å². The molecule has 0 saturated carbocycles. The molecule has 0 aromatic heterocycles. The zero-order valence-corrected chi connectivity index (χ0v) is 10.5. The number of hydrogen-bond acceptors (Lipinski definition) is 3. The molecule has 1 N–H and O–H groups in total. The van der Waals surface area contributed by atoms with Gasteiger partial charge in [0.05, 0.1) is 6.61 Å². The van der Waals surface area contributed by atoms with Crippen molar-refractivity contribution >= 4 is 6.29 Å². The molecule has 97 valence electrons. The zero-order chi connectivity index (χ0) is 13.5. The summed E-state index contributed by atoms with van der Waals surface area (Å²) in [7, 11) is 0. The van der Waals surface area contributed by atoms with E-state index in [1.54, 1.807) is 24.3 Å². The molecule has 1 radical (unpaired) electrons. The van der Waals surface area contributed by atoms with Gasteiger partial charge in [0, 0.05) is 6.42 Å². The molecule has 2 aromatic carbocycles. The Morgan fingerprint density at radius 1 is 1.00 bits per heavy atom. The number of phenolic OH excluding ortho intramolecular Hbond substituents is 1. The number of carbonyl (C=O) groups is 1. The molecule has 0 unspecified atom stereocenters. The molecule has 0 atom stereocenters. The molecule has 2 rings (SSSR count). The smallest absolute Gasteiger partial charge is 0.163 e. The van der Waals surface area contributed by atoms with Crippen molar-refractivity contribution in [1.82, 2.24) is 0 Å². The van der Waals surface area contributed by atoms with E-state index >= 15 is 0 Å². The van der Waals surface area contributed by atoms with E-state index in [2.05, 4.69) is 0 Å². The number of aromatic hydroxyl groups is 1. The van der Waals surface area contributed by atoms with E-state index < -0.39 is 0 Å². The maximum atomic E-state index is 11.0. The lowest BCUT2D eigenvalue weighted by molar-refractivity contribution is -0.111. The summed E-state index contributed by atoms with van der Waals surface area (Å²) < 4.78 is 5.50. The molecule has 0 heterocycles. The minimum atomic E-state index is 0.210. The lowest BCUT2D eigenvalue weighted by Gasteiger charge is -2.11. The summed E-state index contributed by atoms with van der Waals surface area (Å²) >= 11 is 0. The molecule has 3 heteroatoms. The van der Waals surface area contributed by atoms with Gasteiger partial charge in [0.15, 0.2) is 12.4 Å². The van der Waals surface area contributed by atoms with Crippen molar-refractivity contribution in [3.05, 3.63) is 71.8 Å². The molecular weight excluding hydrogens is 240 g/mol. The number of hydrogen-bond donors (Lipinski definition) is 1. The average Bonchev–Trinajstić information content (AvgIpc) is 2.46. The van der Waals surface area contributed by atoms with Crippen molar-refractivity contribution in [2.75, 3.05) is 0 Å². The van der Waals surface area contributed by atoms with E-state index in [1.807, 2.05) is 30.3 Å². The van der Waals surface area contributed by atoms with Crippen LogP contribution in [0.2, 0.25) is 0 Å². The highest BCUT2D eigenvalue weighted by molar-refractivity contribution is 5.66. The van der Waals surface area contributed by atoms with Crippen molar-refractivity contribution < 1.29 is 14.6 Å². The SMILES string of the molecule is O=C[C](Cc1ccc(O)cc1)OCc1ccccc1. The summed E-state index contributed by atoms with van der Waals surface area (Å²) in [5.41, 5.74) is 1.94. The van der Waals surface area contributed by atoms with E-state index in [9.17, 15) is 9.90 Å². The van der Waals surface area contributed by atoms with E-state index in [0.717, 1.165) is 17.4 Å². The lowest BCUT2D eigenvalue weighted by atomic mass is 10.1. The van der Waals surface area contributed by atoms with E-state index in [4.69, 9.17) is 4.74 Å². The number of carbonyl (C=O) groups excluding carboxylic acids is 1. The fourth-order valence-electron chi connectivity index (χ4n) is 1.69. The maximum Gasteiger partial charge on any atom is 0.163 e. The van der Waals surface area contributed by atoms with E-state index in [0.29, 0.717) is 19.1 Å². The second kappa shape index (κ2) is 6.71. The Bertz CT molecular complexity index is 505. The number of rotatable bonds is 6. The average molecular weight is 255 g/mol. The van der Waals surface area contributed by atoms with Gasteiger partial charge in [-0.2, -0.15) is 0 Å². The second-order valence-electron chi connectivity index (χ2n) is 4.20. The van der Waals surface area contributed by atoms with Crippen LogP contribution in [0.3, 0.4) is 0 Å². The standard InChI is InChI=1S/C16H15O3/c17-11-16(10-13-6-8-15(18)9-7-13)19-12-14-4-2-1-3-5-14/h1-9,11,18H,10,12H2. The van der Waals surface area contributed by atoms with Gasteiger partial charge in [-0.1, -0.05) is 42.5 Å². The van der Waals surface area contributed by atoms with Crippen LogP contribution in [-0.2, 0) is 22.6 Å². The summed E-state index contributed by atoms with van der Waals surface area (Å²) in [6.07, 6.45) is 1.54. The Morgan fingerprint density at radius 3 is 2.32 bits per heavy atom. The van der Waals surface area contributed by atoms with Gasteiger partial charge in [0.1, 0.15) is 5.75 Å². The van der Waals surface area contributed by atoms with Crippen LogP contribution in [0, 0.1) is 6.10 Å². The third-order valence-electron chi connectivity index (χ3n) is 2.71. The van der Waals surface area contributed by atoms with Gasteiger partial charge in [-0.15, -0.1) is 0 Å². The highest BCUT2D eigenvalue weighted by atomic mass is 16.5. The van der Waals surface area contributed by atoms with Crippen molar-refractivity contribution in [2.45, 2.75) is 13.0 Å². The number of ether oxygens (including phenoxy) is 1. The molecule has 0 amide bonds. The van der Waals surface area contributed by atoms with Gasteiger partial charge >= 0.3 is 0 Å². The van der Waals surface area contributed by atoms with Crippen LogP contribution in [0.15, 0.2) is 54.6 Å². The Morgan fingerprint density at radius 2 is 1.68 bits per heavy atom. The maximum absolute atomic E-state index is 11.0. The van der Waals surface area contributed by atoms with E-state index in [-0.39, 0.29) is 5.75 Å². The summed E-state index contributed by atoms with van der Waals surface area (Å²) in [6.45, 7) is 0.382. The minimum absolute atomic E-state index is 0.210. The predicted octanol–water partition coefficient (Wildman–Crippen LogP) is 2.88. The predicted molar refractivity (Wildman–Crippen MR) is 72.3 cm³/mol. The van der Waals surface area contributed by atoms with Gasteiger partial charge in [-0.25, -0.2) is 0 Å². The third-order valence-corrected chi connectivity index (χ3v) is 2.71. The van der Waals surface area contributed by atoms with Crippen molar-refractivity contribution in [3.63, 3.8) is 0 Å². The van der Waals surface area contributed by atoms with Crippen LogP contribution in [-0.4, -0.2) is 11.4 Å². The molecular formula is C16H15O3. The van der Waals surface area contributed by atoms with Crippen molar-refractivity contribution in [3.8, 4) is 5.75 Å². The Balaban J connectivity index is 1.90. The molecule has 2 aromatic rings. The lowest BCUT2D eigenvalue weighted by Crippen LogP contribution is -2.08. The number of aldehydes is 1.